The van der Waals surface area contributed by atoms with E-state index < -0.39 is 28.4 Å². The fourth-order valence-corrected chi connectivity index (χ4v) is 6.59. The molecule has 1 amide bonds. The summed E-state index contributed by atoms with van der Waals surface area (Å²) in [4.78, 5) is 46.6. The molecule has 0 bridgehead atoms. The summed E-state index contributed by atoms with van der Waals surface area (Å²) in [6.07, 6.45) is 6.37. The maximum Gasteiger partial charge on any atom is 0.343 e. The first-order chi connectivity index (χ1) is 16.2. The Kier molecular flexibility index (Phi) is 9.11. The van der Waals surface area contributed by atoms with Crippen molar-refractivity contribution in [2.24, 2.45) is 0 Å². The van der Waals surface area contributed by atoms with E-state index in [9.17, 15) is 22.8 Å². The Morgan fingerprint density at radius 2 is 1.88 bits per heavy atom. The molecule has 0 radical (unpaired) electrons. The van der Waals surface area contributed by atoms with Crippen LogP contribution < -0.4 is 5.73 Å². The number of sulfone groups is 1. The molecule has 1 aromatic rings. The molecule has 0 aromatic carbocycles. The van der Waals surface area contributed by atoms with Gasteiger partial charge in [0.15, 0.2) is 21.6 Å². The summed E-state index contributed by atoms with van der Waals surface area (Å²) in [6, 6.07) is -0.398. The van der Waals surface area contributed by atoms with Crippen LogP contribution in [-0.4, -0.2) is 83.7 Å². The minimum atomic E-state index is -3.16. The van der Waals surface area contributed by atoms with Crippen molar-refractivity contribution >= 4 is 45.3 Å². The standard InChI is InChI=1S/C21H30N4O7S2/c1-2-31-20(28)16-10-23-21(24-19(16)22)33-12-18(27)32-11-17(26)25(14-6-4-3-5-7-14)15-8-9-34(29,30)13-15/h10,14-15H,2-9,11-13H2,1H3,(H2,22,23,24)/t15-/m0/s1. The zero-order valence-electron chi connectivity index (χ0n) is 19.1. The van der Waals surface area contributed by atoms with Gasteiger partial charge in [-0.1, -0.05) is 31.0 Å². The number of thioether (sulfide) groups is 1. The summed E-state index contributed by atoms with van der Waals surface area (Å²) < 4.78 is 34.0. The van der Waals surface area contributed by atoms with E-state index in [0.29, 0.717) is 6.42 Å². The molecule has 1 aliphatic heterocycles. The third-order valence-electron chi connectivity index (χ3n) is 5.83. The number of nitrogens with zero attached hydrogens (tertiary/aromatic N) is 3. The van der Waals surface area contributed by atoms with Gasteiger partial charge in [0.25, 0.3) is 5.91 Å². The van der Waals surface area contributed by atoms with Gasteiger partial charge in [-0.3, -0.25) is 9.59 Å². The molecule has 3 rings (SSSR count). The number of hydrogen-bond acceptors (Lipinski definition) is 11. The van der Waals surface area contributed by atoms with Gasteiger partial charge in [0, 0.05) is 18.3 Å². The third kappa shape index (κ3) is 7.05. The maximum absolute atomic E-state index is 13.0. The van der Waals surface area contributed by atoms with Crippen LogP contribution in [0.5, 0.6) is 0 Å². The van der Waals surface area contributed by atoms with Crippen LogP contribution in [0.15, 0.2) is 11.4 Å². The van der Waals surface area contributed by atoms with Crippen LogP contribution in [0.25, 0.3) is 0 Å². The number of rotatable bonds is 9. The number of esters is 2. The molecule has 1 saturated heterocycles. The van der Waals surface area contributed by atoms with E-state index >= 15 is 0 Å². The maximum atomic E-state index is 13.0. The second-order valence-corrected chi connectivity index (χ2v) is 11.4. The van der Waals surface area contributed by atoms with Crippen molar-refractivity contribution in [1.82, 2.24) is 14.9 Å². The van der Waals surface area contributed by atoms with Gasteiger partial charge in [-0.05, 0) is 26.2 Å². The highest BCUT2D eigenvalue weighted by Gasteiger charge is 2.38. The van der Waals surface area contributed by atoms with E-state index in [4.69, 9.17) is 15.2 Å². The Bertz CT molecular complexity index is 1010. The Labute approximate surface area is 203 Å². The van der Waals surface area contributed by atoms with Crippen LogP contribution in [0.1, 0.15) is 55.8 Å². The van der Waals surface area contributed by atoms with Crippen LogP contribution in [0.2, 0.25) is 0 Å². The molecule has 0 spiro atoms. The van der Waals surface area contributed by atoms with E-state index in [1.165, 1.54) is 6.20 Å². The molecule has 0 unspecified atom stereocenters. The number of aromatic nitrogens is 2. The number of anilines is 1. The molecule has 13 heteroatoms. The van der Waals surface area contributed by atoms with Gasteiger partial charge in [-0.15, -0.1) is 0 Å². The molecule has 1 aromatic heterocycles. The summed E-state index contributed by atoms with van der Waals surface area (Å²) in [5.74, 6) is -1.83. The summed E-state index contributed by atoms with van der Waals surface area (Å²) in [5, 5.41) is 0.175. The minimum Gasteiger partial charge on any atom is -0.462 e. The smallest absolute Gasteiger partial charge is 0.343 e. The van der Waals surface area contributed by atoms with E-state index in [1.54, 1.807) is 11.8 Å². The first-order valence-electron chi connectivity index (χ1n) is 11.3. The Morgan fingerprint density at radius 3 is 2.50 bits per heavy atom. The number of ether oxygens (including phenoxy) is 2. The van der Waals surface area contributed by atoms with Crippen molar-refractivity contribution in [2.75, 3.05) is 36.2 Å². The van der Waals surface area contributed by atoms with Crippen LogP contribution in [0, 0.1) is 0 Å². The van der Waals surface area contributed by atoms with Crippen molar-refractivity contribution in [3.8, 4) is 0 Å². The van der Waals surface area contributed by atoms with Gasteiger partial charge >= 0.3 is 11.9 Å². The number of nitrogen functional groups attached to an aromatic ring is 1. The highest BCUT2D eigenvalue weighted by atomic mass is 32.2. The number of nitrogens with two attached hydrogens (primary N) is 1. The molecule has 2 heterocycles. The first-order valence-corrected chi connectivity index (χ1v) is 14.1. The van der Waals surface area contributed by atoms with Gasteiger partial charge in [0.05, 0.1) is 23.9 Å². The molecule has 11 nitrogen and oxygen atoms in total. The zero-order valence-corrected chi connectivity index (χ0v) is 20.7. The average Bonchev–Trinajstić information content (AvgIpc) is 3.16. The normalized spacial score (nSPS) is 20.0. The van der Waals surface area contributed by atoms with E-state index in [1.807, 2.05) is 0 Å². The van der Waals surface area contributed by atoms with E-state index in [2.05, 4.69) is 9.97 Å². The second-order valence-electron chi connectivity index (χ2n) is 8.27. The third-order valence-corrected chi connectivity index (χ3v) is 8.41. The summed E-state index contributed by atoms with van der Waals surface area (Å²) >= 11 is 0.957. The van der Waals surface area contributed by atoms with Crippen molar-refractivity contribution in [3.05, 3.63) is 11.8 Å². The molecule has 1 aliphatic carbocycles. The molecule has 2 aliphatic rings. The molecular weight excluding hydrogens is 484 g/mol. The topological polar surface area (TPSA) is 159 Å². The quantitative estimate of drug-likeness (QED) is 0.287. The molecule has 1 saturated carbocycles. The minimum absolute atomic E-state index is 0.0260. The van der Waals surface area contributed by atoms with Crippen LogP contribution >= 0.6 is 11.8 Å². The second kappa shape index (κ2) is 11.8. The van der Waals surface area contributed by atoms with E-state index in [0.717, 1.165) is 43.9 Å². The molecular formula is C21H30N4O7S2. The van der Waals surface area contributed by atoms with Crippen LogP contribution in [0.4, 0.5) is 5.82 Å². The fourth-order valence-electron chi connectivity index (χ4n) is 4.26. The van der Waals surface area contributed by atoms with Crippen molar-refractivity contribution in [3.63, 3.8) is 0 Å². The Balaban J connectivity index is 1.53. The Morgan fingerprint density at radius 1 is 1.15 bits per heavy atom. The Hall–Kier alpha value is -2.41. The van der Waals surface area contributed by atoms with Gasteiger partial charge < -0.3 is 20.1 Å². The number of amides is 1. The highest BCUT2D eigenvalue weighted by molar-refractivity contribution is 7.99. The summed E-state index contributed by atoms with van der Waals surface area (Å²) in [6.45, 7) is 1.41. The number of carbonyl (C=O) groups is 3. The number of hydrogen-bond donors (Lipinski definition) is 1. The van der Waals surface area contributed by atoms with Crippen LogP contribution in [-0.2, 0) is 28.9 Å². The van der Waals surface area contributed by atoms with Crippen molar-refractivity contribution < 1.29 is 32.3 Å². The van der Waals surface area contributed by atoms with Crippen LogP contribution in [0.3, 0.4) is 0 Å². The van der Waals surface area contributed by atoms with Crippen molar-refractivity contribution in [2.45, 2.75) is 62.7 Å². The predicted molar refractivity (Wildman–Crippen MR) is 125 cm³/mol. The first kappa shape index (κ1) is 26.2. The molecule has 2 N–H and O–H groups in total. The predicted octanol–water partition coefficient (Wildman–Crippen LogP) is 1.22. The largest absolute Gasteiger partial charge is 0.462 e. The lowest BCUT2D eigenvalue weighted by Crippen LogP contribution is -2.50. The lowest BCUT2D eigenvalue weighted by molar-refractivity contribution is -0.152. The average molecular weight is 515 g/mol. The monoisotopic (exact) mass is 514 g/mol. The molecule has 1 atom stereocenters. The SMILES string of the molecule is CCOC(=O)c1cnc(SCC(=O)OCC(=O)N(C2CCCCC2)[C@H]2CCS(=O)(=O)C2)nc1N. The summed E-state index contributed by atoms with van der Waals surface area (Å²) in [7, 11) is -3.16. The lowest BCUT2D eigenvalue weighted by Gasteiger charge is -2.38. The zero-order chi connectivity index (χ0) is 24.7. The van der Waals surface area contributed by atoms with Gasteiger partial charge in [0.1, 0.15) is 11.4 Å². The fraction of sp³-hybridized carbons (Fsp3) is 0.667. The highest BCUT2D eigenvalue weighted by Crippen LogP contribution is 2.28. The summed E-state index contributed by atoms with van der Waals surface area (Å²) in [5.41, 5.74) is 5.80. The number of carbonyl (C=O) groups excluding carboxylic acids is 3. The molecule has 34 heavy (non-hydrogen) atoms. The van der Waals surface area contributed by atoms with Gasteiger partial charge in [-0.2, -0.15) is 0 Å². The van der Waals surface area contributed by atoms with Crippen molar-refractivity contribution in [1.29, 1.82) is 0 Å². The van der Waals surface area contributed by atoms with E-state index in [-0.39, 0.29) is 58.4 Å². The van der Waals surface area contributed by atoms with Gasteiger partial charge in [-0.25, -0.2) is 23.2 Å². The molecule has 188 valence electrons. The van der Waals surface area contributed by atoms with Gasteiger partial charge in [0.2, 0.25) is 0 Å². The lowest BCUT2D eigenvalue weighted by atomic mass is 9.93. The molecule has 2 fully saturated rings.